The van der Waals surface area contributed by atoms with Gasteiger partial charge in [-0.15, -0.1) is 0 Å². The molecule has 10 heteroatoms. The van der Waals surface area contributed by atoms with Crippen LogP contribution in [0.5, 0.6) is 0 Å². The molecule has 1 heterocycles. The van der Waals surface area contributed by atoms with E-state index in [-0.39, 0.29) is 17.2 Å². The summed E-state index contributed by atoms with van der Waals surface area (Å²) in [6.45, 7) is 7.68. The van der Waals surface area contributed by atoms with Crippen LogP contribution in [0, 0.1) is 0 Å². The number of aliphatic hydroxyl groups is 6. The number of carbonyl (C=O) groups excluding carboxylic acids is 1. The maximum atomic E-state index is 9.98. The van der Waals surface area contributed by atoms with E-state index in [0.717, 1.165) is 17.9 Å². The van der Waals surface area contributed by atoms with Gasteiger partial charge >= 0.3 is 0 Å². The van der Waals surface area contributed by atoms with E-state index in [1.165, 1.54) is 0 Å². The monoisotopic (exact) mass is 383 g/mol. The molecule has 0 aromatic carbocycles. The number of carboxylic acid groups (broad SMARTS) is 1. The van der Waals surface area contributed by atoms with Gasteiger partial charge in [-0.1, -0.05) is 0 Å². The number of nitrogens with one attached hydrogen (secondary N) is 1. The molecule has 7 N–H and O–H groups in total. The molecule has 1 fully saturated rings. The van der Waals surface area contributed by atoms with Crippen molar-refractivity contribution < 1.29 is 50.4 Å². The van der Waals surface area contributed by atoms with Gasteiger partial charge in [-0.25, -0.2) is 4.84 Å². The molecule has 26 heavy (non-hydrogen) atoms. The van der Waals surface area contributed by atoms with Crippen molar-refractivity contribution in [2.75, 3.05) is 13.7 Å². The normalized spacial score (nSPS) is 28.9. The van der Waals surface area contributed by atoms with Crippen molar-refractivity contribution in [1.82, 2.24) is 0 Å². The molecule has 0 unspecified atom stereocenters. The molecule has 0 saturated carbocycles. The van der Waals surface area contributed by atoms with Crippen molar-refractivity contribution in [2.24, 2.45) is 0 Å². The standard InChI is InChI=1S/C10H21NO2.C6H12O7/c1-9(2)6-8(12)7-10(3,4)11(9)13-5;7-1-2(8)3(9)4(10)5(11)6(12)13/h8,12H,6-7H2,1-5H3;2-5,7-11H,1H2,(H,12,13)/t;2-,3-,4+,5-/m.1/s1. The van der Waals surface area contributed by atoms with Crippen molar-refractivity contribution >= 4 is 5.97 Å². The minimum atomic E-state index is -2.31. The third-order valence-corrected chi connectivity index (χ3v) is 4.42. The summed E-state index contributed by atoms with van der Waals surface area (Å²) in [4.78, 5) is 15.5. The van der Waals surface area contributed by atoms with Crippen LogP contribution in [0.4, 0.5) is 0 Å². The van der Waals surface area contributed by atoms with Crippen LogP contribution in [0.2, 0.25) is 0 Å². The summed E-state index contributed by atoms with van der Waals surface area (Å²) in [6.07, 6.45) is -6.66. The van der Waals surface area contributed by atoms with Gasteiger partial charge in [-0.2, -0.15) is 5.06 Å². The van der Waals surface area contributed by atoms with Crippen molar-refractivity contribution in [3.8, 4) is 0 Å². The summed E-state index contributed by atoms with van der Waals surface area (Å²) in [5.41, 5.74) is -0.00810. The number of hydroxylamine groups is 2. The van der Waals surface area contributed by atoms with Gasteiger partial charge in [0.2, 0.25) is 0 Å². The van der Waals surface area contributed by atoms with Crippen LogP contribution < -0.4 is 10.2 Å². The summed E-state index contributed by atoms with van der Waals surface area (Å²) in [5.74, 6) is -1.98. The van der Waals surface area contributed by atoms with E-state index < -0.39 is 37.0 Å². The second-order valence-electron chi connectivity index (χ2n) is 7.86. The largest absolute Gasteiger partial charge is 0.547 e. The van der Waals surface area contributed by atoms with Crippen LogP contribution in [-0.4, -0.2) is 91.9 Å². The molecule has 1 aliphatic heterocycles. The molecule has 156 valence electrons. The number of carbonyl (C=O) groups is 1. The first-order chi connectivity index (χ1) is 11.7. The van der Waals surface area contributed by atoms with Gasteiger partial charge in [0.25, 0.3) is 0 Å². The van der Waals surface area contributed by atoms with Gasteiger partial charge < -0.3 is 40.5 Å². The van der Waals surface area contributed by atoms with Gasteiger partial charge in [-0.3, -0.25) is 0 Å². The lowest BCUT2D eigenvalue weighted by Crippen LogP contribution is -3.26. The lowest BCUT2D eigenvalue weighted by Gasteiger charge is -2.47. The van der Waals surface area contributed by atoms with Crippen molar-refractivity contribution in [3.63, 3.8) is 0 Å². The number of piperidine rings is 1. The summed E-state index contributed by atoms with van der Waals surface area (Å²) in [5, 5.41) is 64.3. The third-order valence-electron chi connectivity index (χ3n) is 4.42. The summed E-state index contributed by atoms with van der Waals surface area (Å²) >= 11 is 0. The van der Waals surface area contributed by atoms with Crippen LogP contribution in [0.3, 0.4) is 0 Å². The first kappa shape index (κ1) is 25.1. The Kier molecular flexibility index (Phi) is 9.58. The number of quaternary nitrogens is 1. The highest BCUT2D eigenvalue weighted by atomic mass is 16.7. The molecule has 0 radical (unpaired) electrons. The average molecular weight is 383 g/mol. The minimum Gasteiger partial charge on any atom is -0.547 e. The summed E-state index contributed by atoms with van der Waals surface area (Å²) in [6, 6.07) is 0. The molecule has 0 aliphatic carbocycles. The fourth-order valence-electron chi connectivity index (χ4n) is 3.57. The van der Waals surface area contributed by atoms with Gasteiger partial charge in [0, 0.05) is 12.8 Å². The zero-order chi connectivity index (χ0) is 20.9. The molecule has 0 amide bonds. The molecule has 0 aromatic heterocycles. The number of rotatable bonds is 6. The topological polar surface area (TPSA) is 175 Å². The van der Waals surface area contributed by atoms with Crippen LogP contribution in [0.15, 0.2) is 0 Å². The second-order valence-corrected chi connectivity index (χ2v) is 7.86. The fraction of sp³-hybridized carbons (Fsp3) is 0.938. The van der Waals surface area contributed by atoms with Gasteiger partial charge in [0.05, 0.1) is 25.8 Å². The number of aliphatic hydroxyl groups excluding tert-OH is 6. The minimum absolute atomic E-state index is 0.00405. The smallest absolute Gasteiger partial charge is 0.125 e. The predicted octanol–water partition coefficient (Wildman–Crippen LogP) is -4.68. The Morgan fingerprint density at radius 2 is 1.54 bits per heavy atom. The molecule has 4 atom stereocenters. The van der Waals surface area contributed by atoms with E-state index in [1.54, 1.807) is 7.11 Å². The Morgan fingerprint density at radius 3 is 1.85 bits per heavy atom. The lowest BCUT2D eigenvalue weighted by molar-refractivity contribution is -1.16. The SMILES string of the molecule is CO[NH+]1C(C)(C)CC(O)CC1(C)C.O=C([O-])[C@H](O)[C@@H](O)[C@H](O)[C@H](O)CO. The van der Waals surface area contributed by atoms with Gasteiger partial charge in [0.15, 0.2) is 0 Å². The van der Waals surface area contributed by atoms with Crippen molar-refractivity contribution in [1.29, 1.82) is 0 Å². The van der Waals surface area contributed by atoms with Crippen LogP contribution >= 0.6 is 0 Å². The molecule has 1 rings (SSSR count). The Balaban J connectivity index is 0.000000481. The van der Waals surface area contributed by atoms with E-state index >= 15 is 0 Å². The Labute approximate surface area is 153 Å². The molecular weight excluding hydrogens is 350 g/mol. The molecular formula is C16H33NO9. The van der Waals surface area contributed by atoms with Crippen LogP contribution in [0.25, 0.3) is 0 Å². The number of hydrogen-bond donors (Lipinski definition) is 7. The maximum Gasteiger partial charge on any atom is 0.125 e. The maximum absolute atomic E-state index is 9.98. The highest BCUT2D eigenvalue weighted by molar-refractivity contribution is 5.70. The molecule has 10 nitrogen and oxygen atoms in total. The quantitative estimate of drug-likeness (QED) is 0.238. The highest BCUT2D eigenvalue weighted by Gasteiger charge is 2.50. The van der Waals surface area contributed by atoms with Gasteiger partial charge in [-0.05, 0) is 27.7 Å². The zero-order valence-electron chi connectivity index (χ0n) is 15.9. The molecule has 0 spiro atoms. The number of hydrogen-bond acceptors (Lipinski definition) is 9. The van der Waals surface area contributed by atoms with E-state index in [1.807, 2.05) is 0 Å². The Morgan fingerprint density at radius 1 is 1.12 bits per heavy atom. The van der Waals surface area contributed by atoms with Crippen molar-refractivity contribution in [2.45, 2.75) is 82.1 Å². The number of aliphatic carboxylic acids is 1. The Bertz CT molecular complexity index is 425. The Hall–Kier alpha value is -0.850. The lowest BCUT2D eigenvalue weighted by atomic mass is 9.80. The van der Waals surface area contributed by atoms with E-state index in [9.17, 15) is 15.0 Å². The average Bonchev–Trinajstić information content (AvgIpc) is 2.49. The first-order valence-corrected chi connectivity index (χ1v) is 8.35. The predicted molar refractivity (Wildman–Crippen MR) is 87.5 cm³/mol. The molecule has 1 aliphatic rings. The molecule has 1 saturated heterocycles. The molecule has 0 bridgehead atoms. The fourth-order valence-corrected chi connectivity index (χ4v) is 3.57. The van der Waals surface area contributed by atoms with E-state index in [2.05, 4.69) is 27.7 Å². The summed E-state index contributed by atoms with van der Waals surface area (Å²) < 4.78 is 0. The number of carboxylic acids is 1. The van der Waals surface area contributed by atoms with Crippen molar-refractivity contribution in [3.05, 3.63) is 0 Å². The van der Waals surface area contributed by atoms with Crippen LogP contribution in [0.1, 0.15) is 40.5 Å². The van der Waals surface area contributed by atoms with E-state index in [4.69, 9.17) is 30.4 Å². The summed E-state index contributed by atoms with van der Waals surface area (Å²) in [7, 11) is 1.73. The van der Waals surface area contributed by atoms with Gasteiger partial charge in [0.1, 0.15) is 35.5 Å². The zero-order valence-corrected chi connectivity index (χ0v) is 15.9. The van der Waals surface area contributed by atoms with Crippen LogP contribution in [-0.2, 0) is 9.63 Å². The first-order valence-electron chi connectivity index (χ1n) is 8.35. The highest BCUT2D eigenvalue weighted by Crippen LogP contribution is 2.23. The third kappa shape index (κ3) is 6.71. The molecule has 0 aromatic rings. The van der Waals surface area contributed by atoms with E-state index in [0.29, 0.717) is 0 Å². The second kappa shape index (κ2) is 9.90.